The van der Waals surface area contributed by atoms with Crippen LogP contribution in [-0.4, -0.2) is 36.6 Å². The Bertz CT molecular complexity index is 294. The largest absolute Gasteiger partial charge is 0.311 e. The van der Waals surface area contributed by atoms with Crippen LogP contribution < -0.4 is 5.32 Å². The average molecular weight is 278 g/mol. The zero-order chi connectivity index (χ0) is 13.9. The quantitative estimate of drug-likeness (QED) is 0.825. The van der Waals surface area contributed by atoms with Gasteiger partial charge in [-0.1, -0.05) is 39.5 Å². The van der Waals surface area contributed by atoms with Crippen LogP contribution in [0.1, 0.15) is 65.2 Å². The minimum absolute atomic E-state index is 0.805. The van der Waals surface area contributed by atoms with Crippen molar-refractivity contribution in [1.29, 1.82) is 0 Å². The van der Waals surface area contributed by atoms with Gasteiger partial charge in [-0.2, -0.15) is 0 Å². The second-order valence-electron chi connectivity index (χ2n) is 7.78. The molecule has 3 rings (SSSR count). The molecular formula is C18H34N2. The molecule has 1 saturated heterocycles. The summed E-state index contributed by atoms with van der Waals surface area (Å²) in [6.45, 7) is 8.72. The van der Waals surface area contributed by atoms with E-state index in [0.717, 1.165) is 29.8 Å². The molecule has 0 spiro atoms. The Hall–Kier alpha value is -0.0800. The molecule has 2 saturated carbocycles. The molecule has 20 heavy (non-hydrogen) atoms. The van der Waals surface area contributed by atoms with Crippen molar-refractivity contribution in [2.24, 2.45) is 17.8 Å². The standard InChI is InChI=1S/C18H34N2/c1-3-14(2)12-20-13-17(15-9-10-15)19-11-18(20)16-7-5-4-6-8-16/h14-19H,3-13H2,1-2H3. The van der Waals surface area contributed by atoms with E-state index < -0.39 is 0 Å². The molecule has 116 valence electrons. The Morgan fingerprint density at radius 2 is 1.80 bits per heavy atom. The molecular weight excluding hydrogens is 244 g/mol. The lowest BCUT2D eigenvalue weighted by Gasteiger charge is -2.46. The van der Waals surface area contributed by atoms with Crippen LogP contribution in [0.4, 0.5) is 0 Å². The highest BCUT2D eigenvalue weighted by Gasteiger charge is 2.39. The third-order valence-electron chi connectivity index (χ3n) is 6.12. The van der Waals surface area contributed by atoms with Crippen LogP contribution in [0.25, 0.3) is 0 Å². The molecule has 2 nitrogen and oxygen atoms in total. The van der Waals surface area contributed by atoms with Crippen molar-refractivity contribution in [3.05, 3.63) is 0 Å². The molecule has 0 radical (unpaired) electrons. The third-order valence-corrected chi connectivity index (χ3v) is 6.12. The summed E-state index contributed by atoms with van der Waals surface area (Å²) in [5.74, 6) is 2.83. The number of nitrogens with one attached hydrogen (secondary N) is 1. The zero-order valence-corrected chi connectivity index (χ0v) is 13.6. The van der Waals surface area contributed by atoms with E-state index in [4.69, 9.17) is 0 Å². The van der Waals surface area contributed by atoms with E-state index in [-0.39, 0.29) is 0 Å². The molecule has 3 fully saturated rings. The van der Waals surface area contributed by atoms with E-state index >= 15 is 0 Å². The lowest BCUT2D eigenvalue weighted by atomic mass is 9.81. The number of hydrogen-bond acceptors (Lipinski definition) is 2. The first-order chi connectivity index (χ1) is 9.78. The van der Waals surface area contributed by atoms with Gasteiger partial charge in [0.05, 0.1) is 0 Å². The molecule has 0 amide bonds. The number of piperazine rings is 1. The summed E-state index contributed by atoms with van der Waals surface area (Å²) in [5, 5.41) is 3.91. The smallest absolute Gasteiger partial charge is 0.0249 e. The lowest BCUT2D eigenvalue weighted by molar-refractivity contribution is 0.0552. The Morgan fingerprint density at radius 1 is 1.05 bits per heavy atom. The highest BCUT2D eigenvalue weighted by molar-refractivity contribution is 4.96. The summed E-state index contributed by atoms with van der Waals surface area (Å²) in [4.78, 5) is 2.89. The van der Waals surface area contributed by atoms with Crippen molar-refractivity contribution in [3.8, 4) is 0 Å². The van der Waals surface area contributed by atoms with Gasteiger partial charge in [-0.25, -0.2) is 0 Å². The molecule has 0 aromatic rings. The van der Waals surface area contributed by atoms with Gasteiger partial charge in [0.25, 0.3) is 0 Å². The van der Waals surface area contributed by atoms with Crippen molar-refractivity contribution in [2.45, 2.75) is 77.3 Å². The first kappa shape index (κ1) is 14.8. The average Bonchev–Trinajstić information content (AvgIpc) is 3.32. The predicted molar refractivity (Wildman–Crippen MR) is 85.9 cm³/mol. The Morgan fingerprint density at radius 3 is 2.45 bits per heavy atom. The van der Waals surface area contributed by atoms with Crippen molar-refractivity contribution in [2.75, 3.05) is 19.6 Å². The molecule has 1 aliphatic heterocycles. The summed E-state index contributed by atoms with van der Waals surface area (Å²) in [7, 11) is 0. The van der Waals surface area contributed by atoms with Gasteiger partial charge in [0.2, 0.25) is 0 Å². The SMILES string of the molecule is CCC(C)CN1CC(C2CC2)NCC1C1CCCCC1. The summed E-state index contributed by atoms with van der Waals surface area (Å²) >= 11 is 0. The Kier molecular flexibility index (Phi) is 5.04. The fourth-order valence-electron chi connectivity index (χ4n) is 4.39. The summed E-state index contributed by atoms with van der Waals surface area (Å²) in [5.41, 5.74) is 0. The number of hydrogen-bond donors (Lipinski definition) is 1. The van der Waals surface area contributed by atoms with E-state index in [1.54, 1.807) is 0 Å². The van der Waals surface area contributed by atoms with Crippen molar-refractivity contribution in [3.63, 3.8) is 0 Å². The molecule has 3 atom stereocenters. The van der Waals surface area contributed by atoms with Crippen molar-refractivity contribution < 1.29 is 0 Å². The third kappa shape index (κ3) is 3.57. The fourth-order valence-corrected chi connectivity index (χ4v) is 4.39. The first-order valence-electron chi connectivity index (χ1n) is 9.25. The number of rotatable bonds is 5. The highest BCUT2D eigenvalue weighted by Crippen LogP contribution is 2.37. The van der Waals surface area contributed by atoms with E-state index in [1.165, 1.54) is 71.0 Å². The normalized spacial score (nSPS) is 35.1. The Labute approximate surface area is 125 Å². The molecule has 0 aromatic heterocycles. The second-order valence-corrected chi connectivity index (χ2v) is 7.78. The van der Waals surface area contributed by atoms with Gasteiger partial charge < -0.3 is 5.32 Å². The van der Waals surface area contributed by atoms with Crippen LogP contribution in [0.3, 0.4) is 0 Å². The molecule has 2 aliphatic carbocycles. The second kappa shape index (κ2) is 6.79. The lowest BCUT2D eigenvalue weighted by Crippen LogP contribution is -2.60. The molecule has 1 N–H and O–H groups in total. The first-order valence-corrected chi connectivity index (χ1v) is 9.25. The van der Waals surface area contributed by atoms with Crippen LogP contribution in [0.15, 0.2) is 0 Å². The van der Waals surface area contributed by atoms with Crippen molar-refractivity contribution >= 4 is 0 Å². The Balaban J connectivity index is 1.62. The predicted octanol–water partition coefficient (Wildman–Crippen LogP) is 3.67. The summed E-state index contributed by atoms with van der Waals surface area (Å²) in [6, 6.07) is 1.64. The molecule has 0 bridgehead atoms. The topological polar surface area (TPSA) is 15.3 Å². The maximum absolute atomic E-state index is 3.91. The minimum atomic E-state index is 0.805. The van der Waals surface area contributed by atoms with Crippen LogP contribution in [0, 0.1) is 17.8 Å². The molecule has 2 heteroatoms. The minimum Gasteiger partial charge on any atom is -0.311 e. The molecule has 1 heterocycles. The number of nitrogens with zero attached hydrogens (tertiary/aromatic N) is 1. The summed E-state index contributed by atoms with van der Waals surface area (Å²) in [6.07, 6.45) is 11.7. The van der Waals surface area contributed by atoms with Crippen molar-refractivity contribution in [1.82, 2.24) is 10.2 Å². The molecule has 3 unspecified atom stereocenters. The van der Waals surface area contributed by atoms with Gasteiger partial charge in [-0.15, -0.1) is 0 Å². The van der Waals surface area contributed by atoms with Gasteiger partial charge in [0.15, 0.2) is 0 Å². The van der Waals surface area contributed by atoms with Gasteiger partial charge >= 0.3 is 0 Å². The monoisotopic (exact) mass is 278 g/mol. The van der Waals surface area contributed by atoms with Gasteiger partial charge in [-0.3, -0.25) is 4.90 Å². The van der Waals surface area contributed by atoms with Crippen LogP contribution in [0.2, 0.25) is 0 Å². The maximum atomic E-state index is 3.91. The molecule has 3 aliphatic rings. The van der Waals surface area contributed by atoms with E-state index in [0.29, 0.717) is 0 Å². The van der Waals surface area contributed by atoms with E-state index in [9.17, 15) is 0 Å². The van der Waals surface area contributed by atoms with Gasteiger partial charge in [-0.05, 0) is 43.4 Å². The zero-order valence-electron chi connectivity index (χ0n) is 13.6. The van der Waals surface area contributed by atoms with Crippen LogP contribution in [-0.2, 0) is 0 Å². The van der Waals surface area contributed by atoms with Crippen LogP contribution in [0.5, 0.6) is 0 Å². The fraction of sp³-hybridized carbons (Fsp3) is 1.00. The van der Waals surface area contributed by atoms with Gasteiger partial charge in [0.1, 0.15) is 0 Å². The highest BCUT2D eigenvalue weighted by atomic mass is 15.2. The summed E-state index contributed by atoms with van der Waals surface area (Å²) < 4.78 is 0. The molecule has 0 aromatic carbocycles. The van der Waals surface area contributed by atoms with E-state index in [1.807, 2.05) is 0 Å². The van der Waals surface area contributed by atoms with E-state index in [2.05, 4.69) is 24.1 Å². The van der Waals surface area contributed by atoms with Crippen LogP contribution >= 0.6 is 0 Å². The maximum Gasteiger partial charge on any atom is 0.0249 e. The van der Waals surface area contributed by atoms with Gasteiger partial charge in [0, 0.05) is 31.7 Å².